The molecule has 2 aromatic heterocycles. The zero-order chi connectivity index (χ0) is 16.8. The van der Waals surface area contributed by atoms with E-state index in [0.29, 0.717) is 16.8 Å². The van der Waals surface area contributed by atoms with Crippen LogP contribution in [0.5, 0.6) is 5.75 Å². The van der Waals surface area contributed by atoms with Gasteiger partial charge in [0.1, 0.15) is 11.4 Å². The molecule has 3 N–H and O–H groups in total. The van der Waals surface area contributed by atoms with Gasteiger partial charge in [0.2, 0.25) is 0 Å². The highest BCUT2D eigenvalue weighted by molar-refractivity contribution is 6.00. The number of nitrogens with two attached hydrogens (primary N) is 1. The normalized spacial score (nSPS) is 11.8. The van der Waals surface area contributed by atoms with Crippen LogP contribution in [0.3, 0.4) is 0 Å². The van der Waals surface area contributed by atoms with Gasteiger partial charge in [-0.3, -0.25) is 4.98 Å². The highest BCUT2D eigenvalue weighted by Gasteiger charge is 2.32. The minimum absolute atomic E-state index is 0.154. The maximum absolute atomic E-state index is 12.8. The lowest BCUT2D eigenvalue weighted by molar-refractivity contribution is -0.137. The van der Waals surface area contributed by atoms with E-state index in [9.17, 15) is 18.3 Å². The first-order chi connectivity index (χ1) is 10.8. The summed E-state index contributed by atoms with van der Waals surface area (Å²) in [6.45, 7) is 1.47. The Morgan fingerprint density at radius 1 is 1.13 bits per heavy atom. The Morgan fingerprint density at radius 3 is 2.52 bits per heavy atom. The first kappa shape index (κ1) is 15.0. The predicted molar refractivity (Wildman–Crippen MR) is 78.6 cm³/mol. The van der Waals surface area contributed by atoms with Crippen LogP contribution in [0, 0.1) is 6.92 Å². The number of phenolic OH excluding ortho intramolecular Hbond substituents is 1. The number of hydrogen-bond donors (Lipinski definition) is 2. The van der Waals surface area contributed by atoms with E-state index in [4.69, 9.17) is 5.73 Å². The molecule has 118 valence electrons. The van der Waals surface area contributed by atoms with Crippen LogP contribution in [0.25, 0.3) is 22.0 Å². The van der Waals surface area contributed by atoms with Crippen LogP contribution in [0.2, 0.25) is 0 Å². The number of halogens is 3. The Kier molecular flexibility index (Phi) is 3.32. The highest BCUT2D eigenvalue weighted by atomic mass is 19.4. The molecular weight excluding hydrogens is 309 g/mol. The molecule has 0 unspecified atom stereocenters. The van der Waals surface area contributed by atoms with Gasteiger partial charge in [0, 0.05) is 28.7 Å². The molecule has 0 aliphatic carbocycles. The van der Waals surface area contributed by atoms with Gasteiger partial charge in [-0.05, 0) is 30.7 Å². The molecule has 3 aromatic rings. The van der Waals surface area contributed by atoms with E-state index >= 15 is 0 Å². The average Bonchev–Trinajstić information content (AvgIpc) is 2.48. The fraction of sp³-hybridized carbons (Fsp3) is 0.133. The molecule has 1 aromatic carbocycles. The molecule has 2 heterocycles. The minimum atomic E-state index is -4.54. The van der Waals surface area contributed by atoms with Crippen molar-refractivity contribution in [3.8, 4) is 17.0 Å². The number of rotatable bonds is 1. The molecule has 0 aliphatic heterocycles. The van der Waals surface area contributed by atoms with Gasteiger partial charge in [0.05, 0.1) is 5.56 Å². The first-order valence-electron chi connectivity index (χ1n) is 6.56. The number of pyridine rings is 1. The van der Waals surface area contributed by atoms with Crippen molar-refractivity contribution < 1.29 is 18.3 Å². The second-order valence-electron chi connectivity index (χ2n) is 5.04. The second-order valence-corrected chi connectivity index (χ2v) is 5.04. The summed E-state index contributed by atoms with van der Waals surface area (Å²) in [6, 6.07) is 3.25. The van der Waals surface area contributed by atoms with Gasteiger partial charge in [-0.2, -0.15) is 13.2 Å². The van der Waals surface area contributed by atoms with Crippen LogP contribution in [-0.4, -0.2) is 20.3 Å². The Balaban J connectivity index is 2.30. The summed E-state index contributed by atoms with van der Waals surface area (Å²) in [5, 5.41) is 18.9. The van der Waals surface area contributed by atoms with Crippen molar-refractivity contribution in [2.24, 2.45) is 0 Å². The third-order valence-electron chi connectivity index (χ3n) is 3.49. The Labute approximate surface area is 128 Å². The van der Waals surface area contributed by atoms with Crippen molar-refractivity contribution in [1.29, 1.82) is 0 Å². The molecular formula is C15H11F3N4O. The SMILES string of the molecule is Cc1cc(C(F)(F)F)cc(O)c1-c1nnc(N)c2cnccc12. The molecule has 0 bridgehead atoms. The zero-order valence-electron chi connectivity index (χ0n) is 11.9. The molecule has 8 heteroatoms. The molecule has 0 amide bonds. The summed E-state index contributed by atoms with van der Waals surface area (Å²) in [6.07, 6.45) is -1.55. The lowest BCUT2D eigenvalue weighted by Gasteiger charge is -2.14. The lowest BCUT2D eigenvalue weighted by Crippen LogP contribution is -2.06. The summed E-state index contributed by atoms with van der Waals surface area (Å²) in [4.78, 5) is 3.94. The number of benzene rings is 1. The number of nitrogens with zero attached hydrogens (tertiary/aromatic N) is 3. The predicted octanol–water partition coefficient (Wildman–Crippen LogP) is 3.31. The van der Waals surface area contributed by atoms with Crippen molar-refractivity contribution in [3.63, 3.8) is 0 Å². The van der Waals surface area contributed by atoms with E-state index in [2.05, 4.69) is 15.2 Å². The maximum Gasteiger partial charge on any atom is 0.416 e. The summed E-state index contributed by atoms with van der Waals surface area (Å²) < 4.78 is 38.5. The average molecular weight is 320 g/mol. The van der Waals surface area contributed by atoms with E-state index in [1.807, 2.05) is 0 Å². The number of phenols is 1. The van der Waals surface area contributed by atoms with E-state index in [0.717, 1.165) is 6.07 Å². The summed E-state index contributed by atoms with van der Waals surface area (Å²) in [5.74, 6) is -0.365. The molecule has 23 heavy (non-hydrogen) atoms. The number of alkyl halides is 3. The van der Waals surface area contributed by atoms with Gasteiger partial charge < -0.3 is 10.8 Å². The van der Waals surface area contributed by atoms with Gasteiger partial charge in [-0.25, -0.2) is 0 Å². The van der Waals surface area contributed by atoms with E-state index < -0.39 is 17.5 Å². The van der Waals surface area contributed by atoms with Crippen molar-refractivity contribution in [3.05, 3.63) is 41.7 Å². The van der Waals surface area contributed by atoms with Crippen molar-refractivity contribution in [2.45, 2.75) is 13.1 Å². The number of aromatic hydroxyl groups is 1. The lowest BCUT2D eigenvalue weighted by atomic mass is 9.98. The molecule has 0 saturated heterocycles. The van der Waals surface area contributed by atoms with Gasteiger partial charge in [-0.15, -0.1) is 10.2 Å². The molecule has 0 radical (unpaired) electrons. The van der Waals surface area contributed by atoms with E-state index in [1.54, 1.807) is 6.07 Å². The standard InChI is InChI=1S/C15H11F3N4O/c1-7-4-8(15(16,17)18)5-11(23)12(7)13-9-2-3-20-6-10(9)14(19)22-21-13/h2-6,23H,1H3,(H2,19,22). The Morgan fingerprint density at radius 2 is 1.87 bits per heavy atom. The summed E-state index contributed by atoms with van der Waals surface area (Å²) in [7, 11) is 0. The highest BCUT2D eigenvalue weighted by Crippen LogP contribution is 2.40. The largest absolute Gasteiger partial charge is 0.507 e. The first-order valence-corrected chi connectivity index (χ1v) is 6.56. The van der Waals surface area contributed by atoms with Crippen molar-refractivity contribution >= 4 is 16.6 Å². The van der Waals surface area contributed by atoms with E-state index in [-0.39, 0.29) is 22.6 Å². The van der Waals surface area contributed by atoms with Crippen molar-refractivity contribution in [1.82, 2.24) is 15.2 Å². The van der Waals surface area contributed by atoms with Gasteiger partial charge >= 0.3 is 6.18 Å². The maximum atomic E-state index is 12.8. The van der Waals surface area contributed by atoms with Crippen LogP contribution in [0.15, 0.2) is 30.6 Å². The molecule has 0 aliphatic rings. The van der Waals surface area contributed by atoms with Gasteiger partial charge in [0.25, 0.3) is 0 Å². The van der Waals surface area contributed by atoms with Crippen LogP contribution in [-0.2, 0) is 6.18 Å². The molecule has 0 fully saturated rings. The van der Waals surface area contributed by atoms with Crippen LogP contribution in [0.4, 0.5) is 19.0 Å². The van der Waals surface area contributed by atoms with Crippen LogP contribution >= 0.6 is 0 Å². The molecule has 0 spiro atoms. The number of aryl methyl sites for hydroxylation is 1. The fourth-order valence-electron chi connectivity index (χ4n) is 2.44. The minimum Gasteiger partial charge on any atom is -0.507 e. The quantitative estimate of drug-likeness (QED) is 0.718. The molecule has 5 nitrogen and oxygen atoms in total. The second kappa shape index (κ2) is 5.08. The number of aromatic nitrogens is 3. The third kappa shape index (κ3) is 2.52. The molecule has 0 atom stereocenters. The fourth-order valence-corrected chi connectivity index (χ4v) is 2.44. The number of fused-ring (bicyclic) bond motifs is 1. The van der Waals surface area contributed by atoms with E-state index in [1.165, 1.54) is 19.3 Å². The molecule has 0 saturated carbocycles. The number of nitrogen functional groups attached to an aromatic ring is 1. The number of hydrogen-bond acceptors (Lipinski definition) is 5. The van der Waals surface area contributed by atoms with Crippen molar-refractivity contribution in [2.75, 3.05) is 5.73 Å². The number of anilines is 1. The third-order valence-corrected chi connectivity index (χ3v) is 3.49. The van der Waals surface area contributed by atoms with Gasteiger partial charge in [0.15, 0.2) is 5.82 Å². The van der Waals surface area contributed by atoms with Crippen LogP contribution < -0.4 is 5.73 Å². The topological polar surface area (TPSA) is 84.9 Å². The van der Waals surface area contributed by atoms with Gasteiger partial charge in [-0.1, -0.05) is 0 Å². The monoisotopic (exact) mass is 320 g/mol. The smallest absolute Gasteiger partial charge is 0.416 e. The molecule has 3 rings (SSSR count). The zero-order valence-corrected chi connectivity index (χ0v) is 11.9. The summed E-state index contributed by atoms with van der Waals surface area (Å²) in [5.41, 5.74) is 5.47. The van der Waals surface area contributed by atoms with Crippen LogP contribution in [0.1, 0.15) is 11.1 Å². The Hall–Kier alpha value is -2.90. The summed E-state index contributed by atoms with van der Waals surface area (Å²) >= 11 is 0. The Bertz CT molecular complexity index is 886.